The van der Waals surface area contributed by atoms with E-state index in [1.165, 1.54) is 0 Å². The van der Waals surface area contributed by atoms with Crippen LogP contribution >= 0.6 is 11.6 Å². The van der Waals surface area contributed by atoms with Gasteiger partial charge < -0.3 is 19.9 Å². The maximum absolute atomic E-state index is 12.8. The molecule has 0 bridgehead atoms. The zero-order valence-corrected chi connectivity index (χ0v) is 17.4. The van der Waals surface area contributed by atoms with Crippen LogP contribution in [0.2, 0.25) is 5.02 Å². The molecule has 0 radical (unpaired) electrons. The van der Waals surface area contributed by atoms with Crippen LogP contribution in [-0.4, -0.2) is 66.4 Å². The summed E-state index contributed by atoms with van der Waals surface area (Å²) in [6.45, 7) is 2.64. The van der Waals surface area contributed by atoms with Gasteiger partial charge >= 0.3 is 0 Å². The van der Waals surface area contributed by atoms with Crippen LogP contribution in [0.1, 0.15) is 10.5 Å². The molecule has 2 amide bonds. The van der Waals surface area contributed by atoms with E-state index in [9.17, 15) is 9.59 Å². The van der Waals surface area contributed by atoms with Gasteiger partial charge in [-0.15, -0.1) is 0 Å². The van der Waals surface area contributed by atoms with Gasteiger partial charge in [0.2, 0.25) is 5.91 Å². The Bertz CT molecular complexity index is 1040. The number of piperazine rings is 1. The van der Waals surface area contributed by atoms with Gasteiger partial charge in [-0.25, -0.2) is 0 Å². The number of carbonyl (C=O) groups is 2. The van der Waals surface area contributed by atoms with E-state index >= 15 is 0 Å². The zero-order chi connectivity index (χ0) is 21.1. The highest BCUT2D eigenvalue weighted by molar-refractivity contribution is 6.31. The molecule has 156 valence electrons. The second-order valence-corrected chi connectivity index (χ2v) is 7.67. The minimum absolute atomic E-state index is 0.0148. The van der Waals surface area contributed by atoms with Gasteiger partial charge in [-0.1, -0.05) is 29.8 Å². The number of para-hydroxylation sites is 1. The van der Waals surface area contributed by atoms with Crippen LogP contribution in [-0.2, 0) is 4.79 Å². The number of anilines is 1. The number of hydrogen-bond donors (Lipinski definition) is 2. The number of methoxy groups -OCH3 is 1. The number of halogens is 1. The normalized spacial score (nSPS) is 14.7. The zero-order valence-electron chi connectivity index (χ0n) is 16.7. The van der Waals surface area contributed by atoms with Crippen molar-refractivity contribution in [3.63, 3.8) is 0 Å². The van der Waals surface area contributed by atoms with Crippen LogP contribution in [0.4, 0.5) is 5.69 Å². The van der Waals surface area contributed by atoms with Gasteiger partial charge in [0.05, 0.1) is 19.3 Å². The van der Waals surface area contributed by atoms with Crippen LogP contribution in [0.15, 0.2) is 48.5 Å². The number of fused-ring (bicyclic) bond motifs is 1. The molecule has 1 aliphatic rings. The molecule has 0 aliphatic carbocycles. The number of rotatable bonds is 5. The summed E-state index contributed by atoms with van der Waals surface area (Å²) in [5, 5.41) is 4.39. The molecule has 2 heterocycles. The smallest absolute Gasteiger partial charge is 0.270 e. The second-order valence-electron chi connectivity index (χ2n) is 7.23. The van der Waals surface area contributed by atoms with Crippen molar-refractivity contribution in [3.05, 3.63) is 59.2 Å². The molecular formula is C22H23ClN4O3. The average Bonchev–Trinajstić information content (AvgIpc) is 3.18. The molecule has 30 heavy (non-hydrogen) atoms. The lowest BCUT2D eigenvalue weighted by Crippen LogP contribution is -2.50. The number of nitrogens with zero attached hydrogens (tertiary/aromatic N) is 2. The number of amides is 2. The third kappa shape index (κ3) is 4.42. The quantitative estimate of drug-likeness (QED) is 0.656. The van der Waals surface area contributed by atoms with Gasteiger partial charge in [-0.3, -0.25) is 14.5 Å². The summed E-state index contributed by atoms with van der Waals surface area (Å²) in [6, 6.07) is 14.8. The highest BCUT2D eigenvalue weighted by Crippen LogP contribution is 2.27. The molecule has 2 aromatic carbocycles. The number of hydrogen-bond acceptors (Lipinski definition) is 4. The summed E-state index contributed by atoms with van der Waals surface area (Å²) < 4.78 is 5.26. The molecule has 0 unspecified atom stereocenters. The molecular weight excluding hydrogens is 404 g/mol. The Morgan fingerprint density at radius 3 is 2.60 bits per heavy atom. The first-order chi connectivity index (χ1) is 14.5. The van der Waals surface area contributed by atoms with E-state index in [1.807, 2.05) is 40.1 Å². The van der Waals surface area contributed by atoms with E-state index in [1.54, 1.807) is 25.3 Å². The number of carbonyl (C=O) groups excluding carboxylic acids is 2. The second kappa shape index (κ2) is 8.77. The summed E-state index contributed by atoms with van der Waals surface area (Å²) in [6.07, 6.45) is 0. The first kappa shape index (κ1) is 20.3. The van der Waals surface area contributed by atoms with Crippen LogP contribution in [0.25, 0.3) is 10.9 Å². The van der Waals surface area contributed by atoms with Crippen molar-refractivity contribution in [1.29, 1.82) is 0 Å². The maximum atomic E-state index is 12.8. The Morgan fingerprint density at radius 1 is 1.10 bits per heavy atom. The molecule has 4 rings (SSSR count). The molecule has 8 heteroatoms. The summed E-state index contributed by atoms with van der Waals surface area (Å²) >= 11 is 6.01. The van der Waals surface area contributed by atoms with Gasteiger partial charge in [0.1, 0.15) is 11.4 Å². The van der Waals surface area contributed by atoms with E-state index in [0.29, 0.717) is 48.3 Å². The number of aromatic nitrogens is 1. The van der Waals surface area contributed by atoms with Crippen LogP contribution in [0.3, 0.4) is 0 Å². The van der Waals surface area contributed by atoms with Crippen molar-refractivity contribution in [2.75, 3.05) is 45.2 Å². The fraction of sp³-hybridized carbons (Fsp3) is 0.273. The lowest BCUT2D eigenvalue weighted by molar-refractivity contribution is -0.117. The number of H-pyrrole nitrogens is 1. The Hall–Kier alpha value is -3.03. The molecule has 3 aromatic rings. The fourth-order valence-electron chi connectivity index (χ4n) is 3.64. The summed E-state index contributed by atoms with van der Waals surface area (Å²) in [4.78, 5) is 32.3. The molecule has 2 N–H and O–H groups in total. The van der Waals surface area contributed by atoms with E-state index in [-0.39, 0.29) is 18.4 Å². The van der Waals surface area contributed by atoms with E-state index in [0.717, 1.165) is 10.9 Å². The van der Waals surface area contributed by atoms with Crippen molar-refractivity contribution < 1.29 is 14.3 Å². The minimum Gasteiger partial charge on any atom is -0.495 e. The van der Waals surface area contributed by atoms with Crippen molar-refractivity contribution >= 4 is 40.0 Å². The van der Waals surface area contributed by atoms with Gasteiger partial charge in [0.15, 0.2) is 0 Å². The summed E-state index contributed by atoms with van der Waals surface area (Å²) in [5.41, 5.74) is 2.09. The fourth-order valence-corrected chi connectivity index (χ4v) is 3.81. The van der Waals surface area contributed by atoms with Gasteiger partial charge in [-0.05, 0) is 30.3 Å². The highest BCUT2D eigenvalue weighted by atomic mass is 35.5. The third-order valence-corrected chi connectivity index (χ3v) is 5.46. The molecule has 1 fully saturated rings. The predicted octanol–water partition coefficient (Wildman–Crippen LogP) is 3.23. The van der Waals surface area contributed by atoms with Gasteiger partial charge in [-0.2, -0.15) is 0 Å². The predicted molar refractivity (Wildman–Crippen MR) is 117 cm³/mol. The molecule has 7 nitrogen and oxygen atoms in total. The van der Waals surface area contributed by atoms with Crippen molar-refractivity contribution in [2.24, 2.45) is 0 Å². The van der Waals surface area contributed by atoms with Crippen LogP contribution < -0.4 is 10.1 Å². The molecule has 1 aliphatic heterocycles. The van der Waals surface area contributed by atoms with Crippen LogP contribution in [0.5, 0.6) is 5.75 Å². The first-order valence-corrected chi connectivity index (χ1v) is 10.1. The van der Waals surface area contributed by atoms with E-state index in [2.05, 4.69) is 10.3 Å². The SMILES string of the molecule is COc1ccc(Cl)cc1NC(=O)CN1CCN(C(=O)c2cc3ccccc3[nH]2)CC1. The van der Waals surface area contributed by atoms with Crippen molar-refractivity contribution in [2.45, 2.75) is 0 Å². The Morgan fingerprint density at radius 2 is 1.87 bits per heavy atom. The largest absolute Gasteiger partial charge is 0.495 e. The van der Waals surface area contributed by atoms with Gasteiger partial charge in [0.25, 0.3) is 5.91 Å². The Labute approximate surface area is 179 Å². The third-order valence-electron chi connectivity index (χ3n) is 5.22. The monoisotopic (exact) mass is 426 g/mol. The van der Waals surface area contributed by atoms with Crippen molar-refractivity contribution in [3.8, 4) is 5.75 Å². The number of aromatic amines is 1. The topological polar surface area (TPSA) is 77.7 Å². The summed E-state index contributed by atoms with van der Waals surface area (Å²) in [5.74, 6) is 0.395. The molecule has 0 spiro atoms. The van der Waals surface area contributed by atoms with E-state index < -0.39 is 0 Å². The molecule has 0 saturated carbocycles. The summed E-state index contributed by atoms with van der Waals surface area (Å²) in [7, 11) is 1.54. The number of ether oxygens (including phenoxy) is 1. The molecule has 0 atom stereocenters. The Kier molecular flexibility index (Phi) is 5.92. The average molecular weight is 427 g/mol. The standard InChI is InChI=1S/C22H23ClN4O3/c1-30-20-7-6-16(23)13-18(20)25-21(28)14-26-8-10-27(11-9-26)22(29)19-12-15-4-2-3-5-17(15)24-19/h2-7,12-13,24H,8-11,14H2,1H3,(H,25,28). The number of nitrogens with one attached hydrogen (secondary N) is 2. The lowest BCUT2D eigenvalue weighted by atomic mass is 10.2. The maximum Gasteiger partial charge on any atom is 0.270 e. The Balaban J connectivity index is 1.31. The van der Waals surface area contributed by atoms with Gasteiger partial charge in [0, 0.05) is 42.1 Å². The minimum atomic E-state index is -0.147. The molecule has 1 saturated heterocycles. The number of benzene rings is 2. The van der Waals surface area contributed by atoms with E-state index in [4.69, 9.17) is 16.3 Å². The lowest BCUT2D eigenvalue weighted by Gasteiger charge is -2.34. The highest BCUT2D eigenvalue weighted by Gasteiger charge is 2.24. The first-order valence-electron chi connectivity index (χ1n) is 9.76. The van der Waals surface area contributed by atoms with Crippen molar-refractivity contribution in [1.82, 2.24) is 14.8 Å². The molecule has 1 aromatic heterocycles. The van der Waals surface area contributed by atoms with Crippen LogP contribution in [0, 0.1) is 0 Å².